The first-order valence-electron chi connectivity index (χ1n) is 18.7. The smallest absolute Gasteiger partial charge is 0.410 e. The van der Waals surface area contributed by atoms with E-state index in [0.29, 0.717) is 43.8 Å². The molecule has 3 N–H and O–H groups in total. The monoisotopic (exact) mass is 766 g/mol. The van der Waals surface area contributed by atoms with Gasteiger partial charge in [0.05, 0.1) is 6.33 Å². The molecule has 0 saturated carbocycles. The number of alkyl carbamates (subject to hydrolysis) is 1. The Kier molecular flexibility index (Phi) is 11.6. The lowest BCUT2D eigenvalue weighted by molar-refractivity contribution is -0.198. The average molecular weight is 767 g/mol. The minimum absolute atomic E-state index is 0.0361. The number of benzene rings is 1. The third kappa shape index (κ3) is 10.00. The molecular weight excluding hydrogens is 712 g/mol. The molecule has 3 fully saturated rings. The van der Waals surface area contributed by atoms with E-state index in [-0.39, 0.29) is 24.9 Å². The van der Waals surface area contributed by atoms with Crippen LogP contribution in [-0.2, 0) is 39.8 Å². The minimum atomic E-state index is -1.04. The second-order valence-corrected chi connectivity index (χ2v) is 16.7. The fraction of sp³-hybridized carbons (Fsp3) is 0.632. The lowest BCUT2D eigenvalue weighted by atomic mass is 10.1. The number of nitrogens with zero attached hydrogens (tertiary/aromatic N) is 6. The van der Waals surface area contributed by atoms with Crippen LogP contribution in [0.1, 0.15) is 80.0 Å². The van der Waals surface area contributed by atoms with Gasteiger partial charge in [-0.2, -0.15) is 0 Å². The molecule has 3 saturated heterocycles. The van der Waals surface area contributed by atoms with Gasteiger partial charge in [0.1, 0.15) is 54.0 Å². The van der Waals surface area contributed by atoms with E-state index in [2.05, 4.69) is 25.2 Å². The Bertz CT molecular complexity index is 1830. The first kappa shape index (κ1) is 40.1. The number of carbonyl (C=O) groups is 3. The number of aromatic nitrogens is 4. The maximum atomic E-state index is 13.6. The molecule has 6 rings (SSSR count). The number of hydrogen-bond donors (Lipinski definition) is 2. The molecule has 3 aliphatic heterocycles. The second-order valence-electron chi connectivity index (χ2n) is 16.7. The summed E-state index contributed by atoms with van der Waals surface area (Å²) >= 11 is 0. The topological polar surface area (TPSA) is 195 Å². The SMILES string of the molecule is CC(C)(C)OC(=O)C(CCN(C[C@H]1O[C@@H](n2cnc3c(N)ncnc32)[C@@H]2OC(C)(C)O[C@@H]21)C1CCN(C(=O)OC(C)(C)C)C1)NC(=O)OCc1ccccc1. The molecule has 300 valence electrons. The summed E-state index contributed by atoms with van der Waals surface area (Å²) in [5.74, 6) is -1.25. The number of nitrogens with one attached hydrogen (secondary N) is 1. The van der Waals surface area contributed by atoms with E-state index in [0.717, 1.165) is 5.56 Å². The van der Waals surface area contributed by atoms with Crippen LogP contribution in [0.5, 0.6) is 0 Å². The van der Waals surface area contributed by atoms with Gasteiger partial charge in [-0.1, -0.05) is 30.3 Å². The number of hydrogen-bond acceptors (Lipinski definition) is 14. The Morgan fingerprint density at radius 2 is 1.73 bits per heavy atom. The molecule has 0 spiro atoms. The zero-order valence-electron chi connectivity index (χ0n) is 32.9. The van der Waals surface area contributed by atoms with Crippen LogP contribution in [0.25, 0.3) is 11.2 Å². The lowest BCUT2D eigenvalue weighted by Gasteiger charge is -2.34. The molecule has 2 aromatic heterocycles. The van der Waals surface area contributed by atoms with E-state index < -0.39 is 65.7 Å². The Balaban J connectivity index is 1.24. The van der Waals surface area contributed by atoms with Crippen molar-refractivity contribution in [1.82, 2.24) is 34.6 Å². The summed E-state index contributed by atoms with van der Waals surface area (Å²) in [7, 11) is 0. The molecule has 2 unspecified atom stereocenters. The molecule has 2 amide bonds. The molecule has 6 atom stereocenters. The van der Waals surface area contributed by atoms with E-state index in [1.54, 1.807) is 36.6 Å². The van der Waals surface area contributed by atoms with Crippen molar-refractivity contribution in [3.8, 4) is 0 Å². The summed E-state index contributed by atoms with van der Waals surface area (Å²) in [6, 6.07) is 8.09. The van der Waals surface area contributed by atoms with Crippen LogP contribution >= 0.6 is 0 Å². The maximum absolute atomic E-state index is 13.6. The van der Waals surface area contributed by atoms with Gasteiger partial charge in [0.15, 0.2) is 23.5 Å². The quantitative estimate of drug-likeness (QED) is 0.209. The van der Waals surface area contributed by atoms with Crippen LogP contribution in [0.2, 0.25) is 0 Å². The largest absolute Gasteiger partial charge is 0.458 e. The summed E-state index contributed by atoms with van der Waals surface area (Å²) in [4.78, 5) is 56.6. The number of likely N-dealkylation sites (tertiary alicyclic amines) is 1. The molecule has 3 aromatic rings. The van der Waals surface area contributed by atoms with Crippen molar-refractivity contribution in [3.05, 3.63) is 48.5 Å². The molecule has 17 nitrogen and oxygen atoms in total. The normalized spacial score (nSPS) is 24.2. The van der Waals surface area contributed by atoms with Crippen molar-refractivity contribution in [2.75, 3.05) is 31.9 Å². The minimum Gasteiger partial charge on any atom is -0.458 e. The van der Waals surface area contributed by atoms with Crippen molar-refractivity contribution >= 4 is 35.1 Å². The number of ether oxygens (including phenoxy) is 6. The van der Waals surface area contributed by atoms with E-state index >= 15 is 0 Å². The molecule has 0 bridgehead atoms. The van der Waals surface area contributed by atoms with Gasteiger partial charge in [0.2, 0.25) is 0 Å². The Morgan fingerprint density at radius 1 is 1.02 bits per heavy atom. The van der Waals surface area contributed by atoms with Crippen molar-refractivity contribution in [1.29, 1.82) is 0 Å². The first-order chi connectivity index (χ1) is 25.9. The van der Waals surface area contributed by atoms with E-state index in [9.17, 15) is 14.4 Å². The Labute approximate surface area is 321 Å². The molecule has 3 aliphatic rings. The van der Waals surface area contributed by atoms with Gasteiger partial charge in [-0.3, -0.25) is 9.47 Å². The fourth-order valence-corrected chi connectivity index (χ4v) is 7.10. The van der Waals surface area contributed by atoms with Crippen LogP contribution in [0.4, 0.5) is 15.4 Å². The van der Waals surface area contributed by atoms with Crippen molar-refractivity contribution in [2.24, 2.45) is 0 Å². The van der Waals surface area contributed by atoms with E-state index in [4.69, 9.17) is 34.2 Å². The number of amides is 2. The highest BCUT2D eigenvalue weighted by Crippen LogP contribution is 2.44. The number of anilines is 1. The van der Waals surface area contributed by atoms with Gasteiger partial charge in [-0.05, 0) is 73.8 Å². The molecule has 5 heterocycles. The number of esters is 1. The van der Waals surface area contributed by atoms with Crippen LogP contribution in [0.3, 0.4) is 0 Å². The standard InChI is InChI=1S/C38H54N8O9/c1-36(2,3)54-33(47)25(43-34(48)50-20-23-12-10-9-11-13-23)15-17-44(24-14-16-45(18-24)35(49)55-37(4,5)6)19-26-28-29(53-38(7,8)52-28)32(51-26)46-22-42-27-30(39)40-21-41-31(27)46/h9-13,21-22,24-26,28-29,32H,14-20H2,1-8H3,(H,43,48)(H2,39,40,41)/t24?,25?,26-,28-,29-,32-/m1/s1. The van der Waals surface area contributed by atoms with Crippen molar-refractivity contribution in [3.63, 3.8) is 0 Å². The van der Waals surface area contributed by atoms with Crippen LogP contribution < -0.4 is 11.1 Å². The molecular formula is C38H54N8O9. The van der Waals surface area contributed by atoms with E-state index in [1.807, 2.05) is 65.0 Å². The highest BCUT2D eigenvalue weighted by Gasteiger charge is 2.56. The predicted octanol–water partition coefficient (Wildman–Crippen LogP) is 4.16. The summed E-state index contributed by atoms with van der Waals surface area (Å²) in [6.45, 7) is 16.1. The Morgan fingerprint density at radius 3 is 2.44 bits per heavy atom. The summed E-state index contributed by atoms with van der Waals surface area (Å²) in [6.07, 6.45) is 0.460. The number of rotatable bonds is 11. The summed E-state index contributed by atoms with van der Waals surface area (Å²) in [5, 5.41) is 2.74. The highest BCUT2D eigenvalue weighted by atomic mass is 16.8. The number of imidazole rings is 1. The zero-order valence-corrected chi connectivity index (χ0v) is 32.9. The van der Waals surface area contributed by atoms with Crippen LogP contribution in [0.15, 0.2) is 43.0 Å². The predicted molar refractivity (Wildman–Crippen MR) is 199 cm³/mol. The van der Waals surface area contributed by atoms with E-state index in [1.165, 1.54) is 6.33 Å². The molecule has 17 heteroatoms. The third-order valence-electron chi connectivity index (χ3n) is 9.43. The Hall–Kier alpha value is -4.58. The summed E-state index contributed by atoms with van der Waals surface area (Å²) in [5.41, 5.74) is 6.39. The van der Waals surface area contributed by atoms with Crippen LogP contribution in [-0.4, -0.2) is 121 Å². The highest BCUT2D eigenvalue weighted by molar-refractivity contribution is 5.82. The zero-order chi connectivity index (χ0) is 39.7. The van der Waals surface area contributed by atoms with Gasteiger partial charge < -0.3 is 44.4 Å². The molecule has 55 heavy (non-hydrogen) atoms. The van der Waals surface area contributed by atoms with Gasteiger partial charge in [-0.15, -0.1) is 0 Å². The summed E-state index contributed by atoms with van der Waals surface area (Å²) < 4.78 is 38.3. The van der Waals surface area contributed by atoms with Gasteiger partial charge in [-0.25, -0.2) is 29.3 Å². The molecule has 0 radical (unpaired) electrons. The molecule has 1 aromatic carbocycles. The lowest BCUT2D eigenvalue weighted by Crippen LogP contribution is -2.50. The van der Waals surface area contributed by atoms with Crippen LogP contribution in [0, 0.1) is 0 Å². The van der Waals surface area contributed by atoms with Crippen molar-refractivity contribution in [2.45, 2.75) is 128 Å². The number of fused-ring (bicyclic) bond motifs is 2. The number of nitrogen functional groups attached to an aromatic ring is 1. The fourth-order valence-electron chi connectivity index (χ4n) is 7.10. The second kappa shape index (κ2) is 15.9. The van der Waals surface area contributed by atoms with Gasteiger partial charge in [0, 0.05) is 32.2 Å². The number of nitrogens with two attached hydrogens (primary N) is 1. The van der Waals surface area contributed by atoms with Crippen molar-refractivity contribution < 1.29 is 42.8 Å². The third-order valence-corrected chi connectivity index (χ3v) is 9.43. The van der Waals surface area contributed by atoms with Gasteiger partial charge in [0.25, 0.3) is 0 Å². The molecule has 0 aliphatic carbocycles. The maximum Gasteiger partial charge on any atom is 0.410 e. The first-order valence-corrected chi connectivity index (χ1v) is 18.7. The average Bonchev–Trinajstić information content (AvgIpc) is 3.88. The van der Waals surface area contributed by atoms with Gasteiger partial charge >= 0.3 is 18.2 Å². The number of carbonyl (C=O) groups excluding carboxylic acids is 3.